The van der Waals surface area contributed by atoms with E-state index in [1.807, 2.05) is 36.9 Å². The van der Waals surface area contributed by atoms with Crippen LogP contribution in [0.3, 0.4) is 0 Å². The Bertz CT molecular complexity index is 904. The third kappa shape index (κ3) is 3.81. The highest BCUT2D eigenvalue weighted by Gasteiger charge is 2.30. The molecule has 148 valence electrons. The van der Waals surface area contributed by atoms with E-state index in [1.165, 1.54) is 5.69 Å². The first kappa shape index (κ1) is 19.1. The third-order valence-corrected chi connectivity index (χ3v) is 6.56. The van der Waals surface area contributed by atoms with Crippen LogP contribution in [0.2, 0.25) is 0 Å². The van der Waals surface area contributed by atoms with E-state index in [0.717, 1.165) is 42.8 Å². The summed E-state index contributed by atoms with van der Waals surface area (Å²) in [5, 5.41) is 0.753. The van der Waals surface area contributed by atoms with Gasteiger partial charge in [0, 0.05) is 50.1 Å². The minimum atomic E-state index is -0.0964. The number of nitrogens with zero attached hydrogens (tertiary/aromatic N) is 4. The Morgan fingerprint density at radius 2 is 1.89 bits per heavy atom. The minimum Gasteiger partial charge on any atom is -0.368 e. The molecule has 1 atom stereocenters. The molecule has 0 bridgehead atoms. The number of carbonyl (C=O) groups excluding carboxylic acids is 1. The molecule has 1 fully saturated rings. The predicted molar refractivity (Wildman–Crippen MR) is 112 cm³/mol. The number of piperazine rings is 1. The van der Waals surface area contributed by atoms with Crippen LogP contribution < -0.4 is 10.5 Å². The van der Waals surface area contributed by atoms with Crippen molar-refractivity contribution in [3.63, 3.8) is 0 Å². The standard InChI is InChI=1S/C21H26N4O2S/c1-15(2)18-13-20(27)25-17(14-28-21(25)22-18)12-19(26)24-10-8-23(9-11-24)16-6-4-3-5-7-16/h3-7,13,15,17H,8-12,14H2,1-2H3. The number of carbonyl (C=O) groups is 1. The Hall–Kier alpha value is -2.28. The molecule has 1 aromatic carbocycles. The van der Waals surface area contributed by atoms with Crippen LogP contribution in [0, 0.1) is 0 Å². The molecule has 0 aliphatic carbocycles. The fourth-order valence-corrected chi connectivity index (χ4v) is 4.96. The Balaban J connectivity index is 1.39. The van der Waals surface area contributed by atoms with Gasteiger partial charge in [-0.1, -0.05) is 43.8 Å². The van der Waals surface area contributed by atoms with Crippen molar-refractivity contribution in [2.24, 2.45) is 0 Å². The average molecular weight is 399 g/mol. The van der Waals surface area contributed by atoms with Crippen molar-refractivity contribution in [2.75, 3.05) is 36.8 Å². The number of hydrogen-bond acceptors (Lipinski definition) is 5. The number of fused-ring (bicyclic) bond motifs is 1. The minimum absolute atomic E-state index is 0.0367. The van der Waals surface area contributed by atoms with Crippen molar-refractivity contribution in [2.45, 2.75) is 37.4 Å². The van der Waals surface area contributed by atoms with Crippen LogP contribution in [0.1, 0.15) is 37.9 Å². The smallest absolute Gasteiger partial charge is 0.254 e. The number of hydrogen-bond donors (Lipinski definition) is 0. The monoisotopic (exact) mass is 398 g/mol. The van der Waals surface area contributed by atoms with Crippen molar-refractivity contribution in [3.05, 3.63) is 52.4 Å². The molecule has 3 heterocycles. The summed E-state index contributed by atoms with van der Waals surface area (Å²) >= 11 is 1.58. The summed E-state index contributed by atoms with van der Waals surface area (Å²) in [6.45, 7) is 7.19. The number of thioether (sulfide) groups is 1. The molecule has 1 unspecified atom stereocenters. The van der Waals surface area contributed by atoms with Crippen LogP contribution in [0.25, 0.3) is 0 Å². The lowest BCUT2D eigenvalue weighted by Crippen LogP contribution is -2.49. The van der Waals surface area contributed by atoms with Gasteiger partial charge in [-0.05, 0) is 18.1 Å². The van der Waals surface area contributed by atoms with Gasteiger partial charge in [-0.25, -0.2) is 4.98 Å². The highest BCUT2D eigenvalue weighted by atomic mass is 32.2. The zero-order chi connectivity index (χ0) is 19.7. The quantitative estimate of drug-likeness (QED) is 0.741. The molecule has 2 aliphatic heterocycles. The van der Waals surface area contributed by atoms with Crippen LogP contribution >= 0.6 is 11.8 Å². The van der Waals surface area contributed by atoms with Gasteiger partial charge in [0.2, 0.25) is 5.91 Å². The summed E-state index contributed by atoms with van der Waals surface area (Å²) < 4.78 is 1.72. The van der Waals surface area contributed by atoms with Gasteiger partial charge in [-0.2, -0.15) is 0 Å². The van der Waals surface area contributed by atoms with Crippen molar-refractivity contribution >= 4 is 23.4 Å². The molecule has 1 aromatic heterocycles. The molecular formula is C21H26N4O2S. The lowest BCUT2D eigenvalue weighted by atomic mass is 10.1. The number of aromatic nitrogens is 2. The number of amides is 1. The molecule has 0 N–H and O–H groups in total. The lowest BCUT2D eigenvalue weighted by molar-refractivity contribution is -0.132. The van der Waals surface area contributed by atoms with E-state index in [4.69, 9.17) is 0 Å². The van der Waals surface area contributed by atoms with E-state index >= 15 is 0 Å². The fraction of sp³-hybridized carbons (Fsp3) is 0.476. The molecule has 0 radical (unpaired) electrons. The topological polar surface area (TPSA) is 58.4 Å². The Morgan fingerprint density at radius 3 is 2.57 bits per heavy atom. The Labute approximate surface area is 169 Å². The number of para-hydroxylation sites is 1. The molecule has 1 saturated heterocycles. The maximum Gasteiger partial charge on any atom is 0.254 e. The van der Waals surface area contributed by atoms with E-state index in [-0.39, 0.29) is 23.4 Å². The second-order valence-electron chi connectivity index (χ2n) is 7.70. The normalized spacial score (nSPS) is 19.2. The summed E-state index contributed by atoms with van der Waals surface area (Å²) in [5.74, 6) is 1.09. The molecule has 2 aliphatic rings. The van der Waals surface area contributed by atoms with Crippen LogP contribution in [0.4, 0.5) is 5.69 Å². The van der Waals surface area contributed by atoms with Gasteiger partial charge < -0.3 is 9.80 Å². The van der Waals surface area contributed by atoms with E-state index in [9.17, 15) is 9.59 Å². The molecule has 4 rings (SSSR count). The second kappa shape index (κ2) is 7.99. The summed E-state index contributed by atoms with van der Waals surface area (Å²) in [7, 11) is 0. The first-order valence-corrected chi connectivity index (χ1v) is 10.9. The Kier molecular flexibility index (Phi) is 5.44. The summed E-state index contributed by atoms with van der Waals surface area (Å²) in [5.41, 5.74) is 1.99. The van der Waals surface area contributed by atoms with Crippen LogP contribution in [-0.4, -0.2) is 52.3 Å². The maximum atomic E-state index is 12.9. The summed E-state index contributed by atoms with van der Waals surface area (Å²) in [6, 6.07) is 11.8. The number of rotatable bonds is 4. The molecule has 6 nitrogen and oxygen atoms in total. The van der Waals surface area contributed by atoms with Crippen molar-refractivity contribution in [3.8, 4) is 0 Å². The van der Waals surface area contributed by atoms with E-state index in [2.05, 4.69) is 22.0 Å². The van der Waals surface area contributed by atoms with E-state index in [0.29, 0.717) is 6.42 Å². The molecular weight excluding hydrogens is 372 g/mol. The number of anilines is 1. The SMILES string of the molecule is CC(C)c1cc(=O)n2c(n1)SCC2CC(=O)N1CCN(c2ccccc2)CC1. The van der Waals surface area contributed by atoms with Crippen LogP contribution in [0.15, 0.2) is 46.3 Å². The van der Waals surface area contributed by atoms with Crippen molar-refractivity contribution in [1.29, 1.82) is 0 Å². The molecule has 2 aromatic rings. The maximum absolute atomic E-state index is 12.9. The van der Waals surface area contributed by atoms with Crippen LogP contribution in [-0.2, 0) is 4.79 Å². The van der Waals surface area contributed by atoms with Gasteiger partial charge >= 0.3 is 0 Å². The number of benzene rings is 1. The molecule has 1 amide bonds. The largest absolute Gasteiger partial charge is 0.368 e. The zero-order valence-corrected chi connectivity index (χ0v) is 17.2. The van der Waals surface area contributed by atoms with Gasteiger partial charge in [0.15, 0.2) is 5.16 Å². The van der Waals surface area contributed by atoms with E-state index < -0.39 is 0 Å². The average Bonchev–Trinajstić information content (AvgIpc) is 3.12. The first-order valence-electron chi connectivity index (χ1n) is 9.87. The summed E-state index contributed by atoms with van der Waals surface area (Å²) in [4.78, 5) is 34.3. The first-order chi connectivity index (χ1) is 13.5. The highest BCUT2D eigenvalue weighted by Crippen LogP contribution is 2.33. The zero-order valence-electron chi connectivity index (χ0n) is 16.4. The van der Waals surface area contributed by atoms with Gasteiger partial charge in [-0.3, -0.25) is 14.2 Å². The van der Waals surface area contributed by atoms with Crippen molar-refractivity contribution < 1.29 is 4.79 Å². The molecule has 0 spiro atoms. The summed E-state index contributed by atoms with van der Waals surface area (Å²) in [6.07, 6.45) is 0.369. The van der Waals surface area contributed by atoms with Gasteiger partial charge in [0.25, 0.3) is 5.56 Å². The lowest BCUT2D eigenvalue weighted by Gasteiger charge is -2.36. The predicted octanol–water partition coefficient (Wildman–Crippen LogP) is 2.75. The molecule has 28 heavy (non-hydrogen) atoms. The van der Waals surface area contributed by atoms with Gasteiger partial charge in [0.1, 0.15) is 0 Å². The highest BCUT2D eigenvalue weighted by molar-refractivity contribution is 7.99. The molecule has 0 saturated carbocycles. The van der Waals surface area contributed by atoms with Gasteiger partial charge in [0.05, 0.1) is 11.7 Å². The van der Waals surface area contributed by atoms with E-state index in [1.54, 1.807) is 22.4 Å². The second-order valence-corrected chi connectivity index (χ2v) is 8.69. The molecule has 7 heteroatoms. The van der Waals surface area contributed by atoms with Crippen molar-refractivity contribution in [1.82, 2.24) is 14.5 Å². The Morgan fingerprint density at radius 1 is 1.18 bits per heavy atom. The van der Waals surface area contributed by atoms with Crippen LogP contribution in [0.5, 0.6) is 0 Å². The third-order valence-electron chi connectivity index (χ3n) is 5.47. The fourth-order valence-electron chi connectivity index (χ4n) is 3.80. The van der Waals surface area contributed by atoms with Gasteiger partial charge in [-0.15, -0.1) is 0 Å².